The van der Waals surface area contributed by atoms with Crippen molar-refractivity contribution in [1.29, 1.82) is 0 Å². The first-order valence-electron chi connectivity index (χ1n) is 20.1. The second-order valence-electron chi connectivity index (χ2n) is 15.2. The summed E-state index contributed by atoms with van der Waals surface area (Å²) in [4.78, 5) is 38.7. The Morgan fingerprint density at radius 3 is 2.02 bits per heavy atom. The molecule has 0 saturated heterocycles. The Kier molecular flexibility index (Phi) is 19.6. The Bertz CT molecular complexity index is 1960. The summed E-state index contributed by atoms with van der Waals surface area (Å²) in [5.41, 5.74) is 20.7. The van der Waals surface area contributed by atoms with Gasteiger partial charge in [-0.3, -0.25) is 24.8 Å². The van der Waals surface area contributed by atoms with Gasteiger partial charge in [-0.25, -0.2) is 9.97 Å². The maximum atomic E-state index is 13.2. The first-order chi connectivity index (χ1) is 29.9. The normalized spacial score (nSPS) is 18.0. The fourth-order valence-electron chi connectivity index (χ4n) is 6.66. The highest BCUT2D eigenvalue weighted by Gasteiger charge is 2.35. The molecule has 0 fully saturated rings. The maximum absolute atomic E-state index is 13.2. The number of aromatic nitrogens is 2. The number of aliphatic hydroxyl groups excluding tert-OH is 10. The van der Waals surface area contributed by atoms with E-state index in [4.69, 9.17) is 43.8 Å². The number of aliphatic hydroxyl groups is 10. The number of hydrogen-bond donors (Lipinski definition) is 15. The largest absolute Gasteiger partial charge is 0.492 e. The number of rotatable bonds is 23. The summed E-state index contributed by atoms with van der Waals surface area (Å²) < 4.78 is 6.00. The van der Waals surface area contributed by atoms with Crippen molar-refractivity contribution in [2.45, 2.75) is 74.5 Å². The molecule has 348 valence electrons. The lowest BCUT2D eigenvalue weighted by molar-refractivity contribution is -0.131. The lowest BCUT2D eigenvalue weighted by atomic mass is 9.93. The van der Waals surface area contributed by atoms with Gasteiger partial charge in [0.2, 0.25) is 5.91 Å². The van der Waals surface area contributed by atoms with E-state index in [-0.39, 0.29) is 54.0 Å². The van der Waals surface area contributed by atoms with Crippen LogP contribution in [0.5, 0.6) is 5.75 Å². The number of nitrogens with zero attached hydrogens (tertiary/aromatic N) is 4. The molecule has 2 aromatic carbocycles. The molecule has 1 unspecified atom stereocenters. The quantitative estimate of drug-likeness (QED) is 0.0244. The number of nitrogens with one attached hydrogen (secondary N) is 2. The Labute approximate surface area is 367 Å². The molecule has 2 amide bonds. The number of carbonyl (C=O) groups excluding carboxylic acids is 2. The summed E-state index contributed by atoms with van der Waals surface area (Å²) in [6.07, 6.45) is -12.1. The number of guanidine groups is 1. The van der Waals surface area contributed by atoms with Crippen LogP contribution in [0.1, 0.15) is 34.5 Å². The zero-order valence-corrected chi connectivity index (χ0v) is 35.1. The number of ether oxygens (including phenoxy) is 1. The number of hydrogen-bond acceptors (Lipinski definition) is 19. The summed E-state index contributed by atoms with van der Waals surface area (Å²) in [6.45, 7) is -2.40. The predicted molar refractivity (Wildman–Crippen MR) is 229 cm³/mol. The van der Waals surface area contributed by atoms with Crippen LogP contribution in [-0.2, 0) is 17.6 Å². The van der Waals surface area contributed by atoms with Crippen molar-refractivity contribution in [2.24, 2.45) is 16.6 Å². The lowest BCUT2D eigenvalue weighted by Gasteiger charge is -2.33. The molecule has 0 radical (unpaired) electrons. The summed E-state index contributed by atoms with van der Waals surface area (Å²) in [6, 6.07) is 13.8. The summed E-state index contributed by atoms with van der Waals surface area (Å²) in [5, 5.41) is 104. The van der Waals surface area contributed by atoms with Crippen molar-refractivity contribution < 1.29 is 65.4 Å². The first kappa shape index (κ1) is 50.8. The molecule has 0 aliphatic carbocycles. The molecule has 2 heterocycles. The highest BCUT2D eigenvalue weighted by molar-refractivity contribution is 6.31. The van der Waals surface area contributed by atoms with E-state index in [1.165, 1.54) is 4.90 Å². The molecule has 3 aromatic rings. The summed E-state index contributed by atoms with van der Waals surface area (Å²) >= 11 is 5.83. The van der Waals surface area contributed by atoms with Gasteiger partial charge in [-0.2, -0.15) is 0 Å². The Morgan fingerprint density at radius 2 is 1.41 bits per heavy atom. The summed E-state index contributed by atoms with van der Waals surface area (Å²) in [7, 11) is 0. The number of unbranched alkanes of at least 4 members (excludes halogenated alkanes) is 1. The van der Waals surface area contributed by atoms with Crippen molar-refractivity contribution >= 4 is 41.0 Å². The molecule has 9 atom stereocenters. The Hall–Kier alpha value is -4.82. The third-order valence-electron chi connectivity index (χ3n) is 10.4. The third-order valence-corrected chi connectivity index (χ3v) is 10.7. The zero-order valence-electron chi connectivity index (χ0n) is 34.3. The van der Waals surface area contributed by atoms with E-state index in [2.05, 4.69) is 25.6 Å². The first-order valence-corrected chi connectivity index (χ1v) is 20.5. The number of benzene rings is 2. The fraction of sp³-hybridized carbons (Fsp3) is 0.525. The molecule has 1 aromatic heterocycles. The molecule has 23 heteroatoms. The van der Waals surface area contributed by atoms with Crippen LogP contribution in [0, 0.1) is 5.92 Å². The van der Waals surface area contributed by atoms with Crippen LogP contribution < -0.4 is 32.6 Å². The molecule has 1 aliphatic heterocycles. The molecule has 1 aliphatic rings. The Balaban J connectivity index is 1.25. The third kappa shape index (κ3) is 14.6. The van der Waals surface area contributed by atoms with Gasteiger partial charge >= 0.3 is 0 Å². The van der Waals surface area contributed by atoms with Crippen LogP contribution in [0.4, 0.5) is 11.6 Å². The van der Waals surface area contributed by atoms with Gasteiger partial charge in [0.15, 0.2) is 28.4 Å². The fourth-order valence-corrected chi connectivity index (χ4v) is 6.79. The molecule has 4 rings (SSSR count). The standard InChI is InChI=1S/C40H58ClN9O13/c41-35-37(43)48-36(42)30(47-35)39(62)49-40(44)46-10-2-1-3-20-4-6-21(7-5-20)22-8-9-23-13-24(19-63-29(23)14-22)38(61)45-11-12-50(15-25(53)31(57)33(59)27(55)17-51)16-26(54)32(58)34(60)28(56)18-52/h4-9,14,24-28,31-34,51-60H,1-3,10-13,15-19H2,(H,45,61)(H4,42,43,48)(H3,44,46,49,62)/t24?,25-,26-,27+,28+,31+,32+,33+,34+/m0/s1. The van der Waals surface area contributed by atoms with Crippen LogP contribution in [0.3, 0.4) is 0 Å². The minimum absolute atomic E-state index is 0.0520. The smallest absolute Gasteiger partial charge is 0.280 e. The van der Waals surface area contributed by atoms with Gasteiger partial charge < -0.3 is 78.3 Å². The molecule has 18 N–H and O–H groups in total. The van der Waals surface area contributed by atoms with Gasteiger partial charge in [-0.05, 0) is 54.0 Å². The molecule has 0 saturated carbocycles. The molecule has 63 heavy (non-hydrogen) atoms. The van der Waals surface area contributed by atoms with E-state index in [9.17, 15) is 50.4 Å². The number of carbonyl (C=O) groups is 2. The van der Waals surface area contributed by atoms with Crippen molar-refractivity contribution in [2.75, 3.05) is 64.0 Å². The predicted octanol–water partition coefficient (Wildman–Crippen LogP) is -4.13. The maximum Gasteiger partial charge on any atom is 0.280 e. The second kappa shape index (κ2) is 24.3. The molecule has 0 spiro atoms. The molecule has 0 bridgehead atoms. The number of aryl methyl sites for hydroxylation is 1. The molecular formula is C40H58ClN9O13. The van der Waals surface area contributed by atoms with Gasteiger partial charge in [-0.15, -0.1) is 0 Å². The van der Waals surface area contributed by atoms with E-state index in [0.717, 1.165) is 35.1 Å². The molecular weight excluding hydrogens is 850 g/mol. The van der Waals surface area contributed by atoms with E-state index in [1.807, 2.05) is 42.5 Å². The highest BCUT2D eigenvalue weighted by Crippen LogP contribution is 2.32. The lowest BCUT2D eigenvalue weighted by Crippen LogP contribution is -2.54. The minimum Gasteiger partial charge on any atom is -0.492 e. The van der Waals surface area contributed by atoms with E-state index < -0.39 is 87.0 Å². The van der Waals surface area contributed by atoms with Gasteiger partial charge in [-0.1, -0.05) is 48.0 Å². The van der Waals surface area contributed by atoms with E-state index >= 15 is 0 Å². The Morgan fingerprint density at radius 1 is 0.825 bits per heavy atom. The van der Waals surface area contributed by atoms with Gasteiger partial charge in [0.05, 0.1) is 31.3 Å². The van der Waals surface area contributed by atoms with Crippen LogP contribution in [-0.4, -0.2) is 185 Å². The number of fused-ring (bicyclic) bond motifs is 1. The van der Waals surface area contributed by atoms with Crippen LogP contribution in [0.15, 0.2) is 47.5 Å². The van der Waals surface area contributed by atoms with Crippen LogP contribution in [0.2, 0.25) is 5.15 Å². The minimum atomic E-state index is -1.94. The van der Waals surface area contributed by atoms with Gasteiger partial charge in [0.1, 0.15) is 49.0 Å². The van der Waals surface area contributed by atoms with Crippen molar-refractivity contribution in [3.63, 3.8) is 0 Å². The average Bonchev–Trinajstić information content (AvgIpc) is 3.27. The van der Waals surface area contributed by atoms with E-state index in [1.54, 1.807) is 0 Å². The number of nitrogens with two attached hydrogens (primary N) is 3. The van der Waals surface area contributed by atoms with Crippen molar-refractivity contribution in [3.05, 3.63) is 64.4 Å². The van der Waals surface area contributed by atoms with Crippen LogP contribution >= 0.6 is 11.6 Å². The van der Waals surface area contributed by atoms with Crippen molar-refractivity contribution in [1.82, 2.24) is 25.5 Å². The SMILES string of the molecule is NC(=NCCCCc1ccc(-c2ccc3c(c2)OCC(C(=O)NCCN(C[C@H](O)[C@@H](O)[C@H](O)[C@H](O)CO)C[C@H](O)[C@@H](O)[C@H](O)[C@H](O)CO)C3)cc1)NC(=O)c1nc(Cl)c(N)nc1N. The average molecular weight is 908 g/mol. The van der Waals surface area contributed by atoms with Crippen molar-refractivity contribution in [3.8, 4) is 16.9 Å². The number of aliphatic imine (C=N–C) groups is 1. The van der Waals surface area contributed by atoms with Gasteiger partial charge in [0.25, 0.3) is 5.91 Å². The van der Waals surface area contributed by atoms with Crippen LogP contribution in [0.25, 0.3) is 11.1 Å². The zero-order chi connectivity index (χ0) is 46.4. The number of halogens is 1. The van der Waals surface area contributed by atoms with Gasteiger partial charge in [0, 0.05) is 32.7 Å². The molecule has 22 nitrogen and oxygen atoms in total. The monoisotopic (exact) mass is 907 g/mol. The number of amides is 2. The topological polar surface area (TPSA) is 389 Å². The second-order valence-corrected chi connectivity index (χ2v) is 15.5. The summed E-state index contributed by atoms with van der Waals surface area (Å²) in [5.74, 6) is -1.39. The number of anilines is 2. The number of nitrogen functional groups attached to an aromatic ring is 2. The van der Waals surface area contributed by atoms with E-state index in [0.29, 0.717) is 25.1 Å². The highest BCUT2D eigenvalue weighted by atomic mass is 35.5.